The third-order valence-electron chi connectivity index (χ3n) is 2.96. The molecule has 0 aliphatic rings. The lowest BCUT2D eigenvalue weighted by Gasteiger charge is -2.09. The summed E-state index contributed by atoms with van der Waals surface area (Å²) in [7, 11) is 3.24. The quantitative estimate of drug-likeness (QED) is 0.654. The van der Waals surface area contributed by atoms with Crippen LogP contribution in [0.2, 0.25) is 0 Å². The predicted octanol–water partition coefficient (Wildman–Crippen LogP) is 2.63. The summed E-state index contributed by atoms with van der Waals surface area (Å²) in [4.78, 5) is 4.32. The van der Waals surface area contributed by atoms with Crippen molar-refractivity contribution < 1.29 is 9.47 Å². The third-order valence-corrected chi connectivity index (χ3v) is 2.96. The number of anilines is 1. The van der Waals surface area contributed by atoms with Gasteiger partial charge in [0.05, 0.1) is 20.8 Å². The number of para-hydroxylation sites is 1. The molecule has 0 aromatic heterocycles. The molecule has 3 N–H and O–H groups in total. The fraction of sp³-hybridized carbons (Fsp3) is 0.188. The van der Waals surface area contributed by atoms with Crippen LogP contribution in [0.15, 0.2) is 53.5 Å². The van der Waals surface area contributed by atoms with Crippen molar-refractivity contribution >= 4 is 11.6 Å². The van der Waals surface area contributed by atoms with Crippen molar-refractivity contribution in [3.63, 3.8) is 0 Å². The summed E-state index contributed by atoms with van der Waals surface area (Å²) in [6, 6.07) is 15.3. The van der Waals surface area contributed by atoms with Gasteiger partial charge in [0.15, 0.2) is 5.96 Å². The topological polar surface area (TPSA) is 68.9 Å². The minimum atomic E-state index is 0.360. The van der Waals surface area contributed by atoms with Crippen LogP contribution in [0.5, 0.6) is 11.5 Å². The molecule has 0 bridgehead atoms. The minimum absolute atomic E-state index is 0.360. The van der Waals surface area contributed by atoms with Gasteiger partial charge < -0.3 is 20.5 Å². The zero-order chi connectivity index (χ0) is 15.1. The number of nitrogens with one attached hydrogen (secondary N) is 1. The Morgan fingerprint density at radius 3 is 2.52 bits per heavy atom. The highest BCUT2D eigenvalue weighted by atomic mass is 16.5. The van der Waals surface area contributed by atoms with E-state index in [0.29, 0.717) is 12.5 Å². The Bertz CT molecular complexity index is 612. The van der Waals surface area contributed by atoms with E-state index in [1.54, 1.807) is 14.2 Å². The van der Waals surface area contributed by atoms with Crippen LogP contribution in [0.3, 0.4) is 0 Å². The second-order valence-corrected chi connectivity index (χ2v) is 4.37. The molecule has 0 amide bonds. The van der Waals surface area contributed by atoms with Crippen LogP contribution < -0.4 is 20.5 Å². The van der Waals surface area contributed by atoms with E-state index in [2.05, 4.69) is 10.3 Å². The normalized spacial score (nSPS) is 11.0. The number of aliphatic imine (C=N–C) groups is 1. The van der Waals surface area contributed by atoms with Crippen LogP contribution in [-0.2, 0) is 6.54 Å². The lowest BCUT2D eigenvalue weighted by molar-refractivity contribution is 0.391. The molecule has 5 heteroatoms. The summed E-state index contributed by atoms with van der Waals surface area (Å²) < 4.78 is 10.5. The second-order valence-electron chi connectivity index (χ2n) is 4.37. The molecule has 0 saturated heterocycles. The number of hydrogen-bond donors (Lipinski definition) is 2. The summed E-state index contributed by atoms with van der Waals surface area (Å²) in [5, 5.41) is 3.03. The molecule has 21 heavy (non-hydrogen) atoms. The zero-order valence-electron chi connectivity index (χ0n) is 12.2. The number of benzene rings is 2. The Labute approximate surface area is 124 Å². The second kappa shape index (κ2) is 7.19. The first-order valence-corrected chi connectivity index (χ1v) is 6.56. The summed E-state index contributed by atoms with van der Waals surface area (Å²) >= 11 is 0. The van der Waals surface area contributed by atoms with Gasteiger partial charge in [-0.05, 0) is 24.3 Å². The van der Waals surface area contributed by atoms with Crippen molar-refractivity contribution in [2.45, 2.75) is 6.54 Å². The first-order valence-electron chi connectivity index (χ1n) is 6.56. The molecule has 0 saturated carbocycles. The van der Waals surface area contributed by atoms with E-state index in [0.717, 1.165) is 22.7 Å². The summed E-state index contributed by atoms with van der Waals surface area (Å²) in [5.74, 6) is 1.83. The Kier molecular flexibility index (Phi) is 5.04. The van der Waals surface area contributed by atoms with Gasteiger partial charge in [-0.25, -0.2) is 4.99 Å². The molecule has 0 aliphatic heterocycles. The molecule has 0 heterocycles. The number of rotatable bonds is 5. The van der Waals surface area contributed by atoms with Crippen molar-refractivity contribution in [2.75, 3.05) is 19.5 Å². The Morgan fingerprint density at radius 2 is 1.86 bits per heavy atom. The first-order chi connectivity index (χ1) is 10.2. The van der Waals surface area contributed by atoms with E-state index in [-0.39, 0.29) is 0 Å². The maximum Gasteiger partial charge on any atom is 0.193 e. The van der Waals surface area contributed by atoms with Gasteiger partial charge in [0, 0.05) is 17.3 Å². The highest BCUT2D eigenvalue weighted by Crippen LogP contribution is 2.25. The maximum atomic E-state index is 5.87. The molecule has 2 rings (SSSR count). The van der Waals surface area contributed by atoms with Gasteiger partial charge in [-0.2, -0.15) is 0 Å². The van der Waals surface area contributed by atoms with E-state index < -0.39 is 0 Å². The number of methoxy groups -OCH3 is 2. The van der Waals surface area contributed by atoms with Gasteiger partial charge in [0.2, 0.25) is 0 Å². The smallest absolute Gasteiger partial charge is 0.193 e. The van der Waals surface area contributed by atoms with Crippen LogP contribution in [-0.4, -0.2) is 20.2 Å². The van der Waals surface area contributed by atoms with E-state index in [1.807, 2.05) is 48.5 Å². The van der Waals surface area contributed by atoms with Gasteiger partial charge in [0.1, 0.15) is 11.5 Å². The lowest BCUT2D eigenvalue weighted by atomic mass is 10.2. The molecule has 0 unspecified atom stereocenters. The molecule has 0 atom stereocenters. The predicted molar refractivity (Wildman–Crippen MR) is 84.9 cm³/mol. The Morgan fingerprint density at radius 1 is 1.10 bits per heavy atom. The van der Waals surface area contributed by atoms with Gasteiger partial charge in [-0.1, -0.05) is 18.2 Å². The average Bonchev–Trinajstić information content (AvgIpc) is 2.53. The summed E-state index contributed by atoms with van der Waals surface area (Å²) in [6.07, 6.45) is 0. The molecular weight excluding hydrogens is 266 g/mol. The third kappa shape index (κ3) is 4.14. The largest absolute Gasteiger partial charge is 0.497 e. The standard InChI is InChI=1S/C16H19N3O2/c1-20-14-9-8-12(15(10-14)21-2)11-18-16(17)19-13-6-4-3-5-7-13/h3-10H,11H2,1-2H3,(H3,17,18,19). The lowest BCUT2D eigenvalue weighted by Crippen LogP contribution is -2.22. The molecular formula is C16H19N3O2. The first kappa shape index (κ1) is 14.7. The number of ether oxygens (including phenoxy) is 2. The van der Waals surface area contributed by atoms with Crippen molar-refractivity contribution in [3.8, 4) is 11.5 Å². The number of nitrogens with two attached hydrogens (primary N) is 1. The molecule has 2 aromatic rings. The highest BCUT2D eigenvalue weighted by Gasteiger charge is 2.04. The Balaban J connectivity index is 2.06. The molecule has 5 nitrogen and oxygen atoms in total. The van der Waals surface area contributed by atoms with Crippen molar-refractivity contribution in [1.29, 1.82) is 0 Å². The van der Waals surface area contributed by atoms with Gasteiger partial charge in [-0.3, -0.25) is 0 Å². The number of hydrogen-bond acceptors (Lipinski definition) is 3. The molecule has 0 radical (unpaired) electrons. The average molecular weight is 285 g/mol. The van der Waals surface area contributed by atoms with Crippen molar-refractivity contribution in [2.24, 2.45) is 10.7 Å². The van der Waals surface area contributed by atoms with Crippen LogP contribution in [0.4, 0.5) is 5.69 Å². The fourth-order valence-corrected chi connectivity index (χ4v) is 1.86. The number of guanidine groups is 1. The summed E-state index contributed by atoms with van der Waals surface area (Å²) in [6.45, 7) is 0.429. The number of nitrogens with zero attached hydrogens (tertiary/aromatic N) is 1. The molecule has 2 aromatic carbocycles. The molecule has 0 spiro atoms. The van der Waals surface area contributed by atoms with E-state index in [9.17, 15) is 0 Å². The molecule has 110 valence electrons. The van der Waals surface area contributed by atoms with E-state index in [1.165, 1.54) is 0 Å². The fourth-order valence-electron chi connectivity index (χ4n) is 1.86. The highest BCUT2D eigenvalue weighted by molar-refractivity contribution is 5.92. The van der Waals surface area contributed by atoms with Gasteiger partial charge in [-0.15, -0.1) is 0 Å². The zero-order valence-corrected chi connectivity index (χ0v) is 12.2. The molecule has 0 fully saturated rings. The maximum absolute atomic E-state index is 5.87. The van der Waals surface area contributed by atoms with Gasteiger partial charge in [0.25, 0.3) is 0 Å². The van der Waals surface area contributed by atoms with Gasteiger partial charge >= 0.3 is 0 Å². The monoisotopic (exact) mass is 285 g/mol. The van der Waals surface area contributed by atoms with Crippen LogP contribution in [0.25, 0.3) is 0 Å². The SMILES string of the molecule is COc1ccc(CN=C(N)Nc2ccccc2)c(OC)c1. The van der Waals surface area contributed by atoms with E-state index >= 15 is 0 Å². The van der Waals surface area contributed by atoms with Crippen LogP contribution >= 0.6 is 0 Å². The molecule has 0 aliphatic carbocycles. The van der Waals surface area contributed by atoms with Crippen LogP contribution in [0, 0.1) is 0 Å². The Hall–Kier alpha value is -2.69. The van der Waals surface area contributed by atoms with E-state index in [4.69, 9.17) is 15.2 Å². The van der Waals surface area contributed by atoms with Crippen molar-refractivity contribution in [1.82, 2.24) is 0 Å². The van der Waals surface area contributed by atoms with Crippen molar-refractivity contribution in [3.05, 3.63) is 54.1 Å². The minimum Gasteiger partial charge on any atom is -0.497 e. The summed E-state index contributed by atoms with van der Waals surface area (Å²) in [5.41, 5.74) is 7.72. The van der Waals surface area contributed by atoms with Crippen LogP contribution in [0.1, 0.15) is 5.56 Å².